The first-order valence-electron chi connectivity index (χ1n) is 8.50. The maximum absolute atomic E-state index is 12.2. The highest BCUT2D eigenvalue weighted by Crippen LogP contribution is 2.24. The molecule has 1 aromatic carbocycles. The quantitative estimate of drug-likeness (QED) is 0.822. The normalized spacial score (nSPS) is 21.3. The average Bonchev–Trinajstić information content (AvgIpc) is 2.84. The molecule has 1 saturated carbocycles. The highest BCUT2D eigenvalue weighted by atomic mass is 16.4. The van der Waals surface area contributed by atoms with Gasteiger partial charge >= 0.3 is 5.97 Å². The molecule has 1 heterocycles. The third-order valence-corrected chi connectivity index (χ3v) is 4.58. The first-order chi connectivity index (χ1) is 11.6. The van der Waals surface area contributed by atoms with Gasteiger partial charge in [0, 0.05) is 18.9 Å². The summed E-state index contributed by atoms with van der Waals surface area (Å²) in [5.74, 6) is -0.917. The smallest absolute Gasteiger partial charge is 0.308 e. The van der Waals surface area contributed by atoms with E-state index in [-0.39, 0.29) is 18.4 Å². The van der Waals surface area contributed by atoms with Crippen LogP contribution in [-0.4, -0.2) is 28.0 Å². The molecule has 128 valence electrons. The van der Waals surface area contributed by atoms with Crippen molar-refractivity contribution in [1.82, 2.24) is 10.3 Å². The van der Waals surface area contributed by atoms with Gasteiger partial charge in [-0.2, -0.15) is 0 Å². The van der Waals surface area contributed by atoms with Gasteiger partial charge in [0.1, 0.15) is 5.52 Å². The molecule has 1 aromatic heterocycles. The van der Waals surface area contributed by atoms with E-state index >= 15 is 0 Å². The summed E-state index contributed by atoms with van der Waals surface area (Å²) >= 11 is 0. The Labute approximate surface area is 140 Å². The highest BCUT2D eigenvalue weighted by Gasteiger charge is 2.30. The Bertz CT molecular complexity index is 692. The molecule has 0 bridgehead atoms. The molecule has 1 aliphatic rings. The van der Waals surface area contributed by atoms with Crippen molar-refractivity contribution in [3.63, 3.8) is 0 Å². The van der Waals surface area contributed by atoms with Crippen LogP contribution in [0.5, 0.6) is 0 Å². The molecule has 6 heteroatoms. The van der Waals surface area contributed by atoms with Crippen molar-refractivity contribution in [2.75, 3.05) is 0 Å². The van der Waals surface area contributed by atoms with Crippen LogP contribution in [0.25, 0.3) is 11.1 Å². The van der Waals surface area contributed by atoms with Crippen LogP contribution >= 0.6 is 0 Å². The number of carbonyl (C=O) groups is 2. The topological polar surface area (TPSA) is 92.4 Å². The monoisotopic (exact) mass is 330 g/mol. The Morgan fingerprint density at radius 2 is 2.00 bits per heavy atom. The van der Waals surface area contributed by atoms with Gasteiger partial charge in [0.2, 0.25) is 5.91 Å². The van der Waals surface area contributed by atoms with E-state index in [1.165, 1.54) is 0 Å². The summed E-state index contributed by atoms with van der Waals surface area (Å²) in [7, 11) is 0. The Morgan fingerprint density at radius 1 is 1.21 bits per heavy atom. The van der Waals surface area contributed by atoms with Crippen molar-refractivity contribution < 1.29 is 19.1 Å². The fraction of sp³-hybridized carbons (Fsp3) is 0.500. The lowest BCUT2D eigenvalue weighted by molar-refractivity contribution is -0.143. The zero-order chi connectivity index (χ0) is 16.9. The third kappa shape index (κ3) is 3.93. The first kappa shape index (κ1) is 16.5. The van der Waals surface area contributed by atoms with E-state index in [0.717, 1.165) is 31.2 Å². The number of oxazole rings is 1. The summed E-state index contributed by atoms with van der Waals surface area (Å²) < 4.78 is 5.60. The molecule has 0 saturated heterocycles. The molecular formula is C18H22N2O4. The number of carboxylic acid groups (broad SMARTS) is 1. The Morgan fingerprint density at radius 3 is 2.79 bits per heavy atom. The molecule has 0 unspecified atom stereocenters. The molecule has 1 amide bonds. The number of rotatable bonds is 5. The van der Waals surface area contributed by atoms with Gasteiger partial charge in [0.05, 0.1) is 5.92 Å². The van der Waals surface area contributed by atoms with Crippen LogP contribution < -0.4 is 5.32 Å². The molecule has 2 aromatic rings. The summed E-state index contributed by atoms with van der Waals surface area (Å²) in [4.78, 5) is 28.0. The average molecular weight is 330 g/mol. The van der Waals surface area contributed by atoms with Crippen molar-refractivity contribution in [3.8, 4) is 0 Å². The standard InChI is InChI=1S/C18H22N2O4/c21-16(19-13-7-3-1-2-6-12(13)18(22)23)10-11-17-20-14-8-4-5-9-15(14)24-17/h4-5,8-9,12-13H,1-3,6-7,10-11H2,(H,19,21)(H,22,23)/t12-,13+/m1/s1. The van der Waals surface area contributed by atoms with Gasteiger partial charge in [-0.1, -0.05) is 31.4 Å². The molecular weight excluding hydrogens is 308 g/mol. The fourth-order valence-electron chi connectivity index (χ4n) is 3.30. The van der Waals surface area contributed by atoms with E-state index < -0.39 is 11.9 Å². The lowest BCUT2D eigenvalue weighted by atomic mass is 9.94. The second-order valence-corrected chi connectivity index (χ2v) is 6.33. The number of fused-ring (bicyclic) bond motifs is 1. The van der Waals surface area contributed by atoms with Gasteiger partial charge in [-0.05, 0) is 25.0 Å². The minimum Gasteiger partial charge on any atom is -0.481 e. The molecule has 0 aliphatic heterocycles. The molecule has 2 atom stereocenters. The van der Waals surface area contributed by atoms with Crippen LogP contribution in [0.1, 0.15) is 44.4 Å². The summed E-state index contributed by atoms with van der Waals surface area (Å²) in [6.07, 6.45) is 4.91. The SMILES string of the molecule is O=C(CCc1nc2ccccc2o1)N[C@H]1CCCCC[C@H]1C(=O)O. The molecule has 0 radical (unpaired) electrons. The van der Waals surface area contributed by atoms with Gasteiger partial charge in [-0.3, -0.25) is 9.59 Å². The maximum Gasteiger partial charge on any atom is 0.308 e. The second-order valence-electron chi connectivity index (χ2n) is 6.33. The largest absolute Gasteiger partial charge is 0.481 e. The van der Waals surface area contributed by atoms with Crippen LogP contribution in [0.3, 0.4) is 0 Å². The van der Waals surface area contributed by atoms with Crippen LogP contribution in [-0.2, 0) is 16.0 Å². The van der Waals surface area contributed by atoms with Gasteiger partial charge in [-0.15, -0.1) is 0 Å². The highest BCUT2D eigenvalue weighted by molar-refractivity contribution is 5.78. The van der Waals surface area contributed by atoms with Gasteiger partial charge in [-0.25, -0.2) is 4.98 Å². The van der Waals surface area contributed by atoms with E-state index in [1.807, 2.05) is 24.3 Å². The fourth-order valence-corrected chi connectivity index (χ4v) is 3.30. The molecule has 0 spiro atoms. The van der Waals surface area contributed by atoms with E-state index in [1.54, 1.807) is 0 Å². The summed E-state index contributed by atoms with van der Waals surface area (Å²) in [6.45, 7) is 0. The number of hydrogen-bond acceptors (Lipinski definition) is 4. The number of nitrogens with zero attached hydrogens (tertiary/aromatic N) is 1. The molecule has 1 fully saturated rings. The van der Waals surface area contributed by atoms with Crippen LogP contribution in [0.4, 0.5) is 0 Å². The molecule has 6 nitrogen and oxygen atoms in total. The predicted molar refractivity (Wildman–Crippen MR) is 88.5 cm³/mol. The van der Waals surface area contributed by atoms with E-state index in [2.05, 4.69) is 10.3 Å². The lowest BCUT2D eigenvalue weighted by Crippen LogP contribution is -2.42. The lowest BCUT2D eigenvalue weighted by Gasteiger charge is -2.22. The summed E-state index contributed by atoms with van der Waals surface area (Å²) in [5.41, 5.74) is 1.49. The minimum atomic E-state index is -0.818. The molecule has 3 rings (SSSR count). The van der Waals surface area contributed by atoms with Crippen molar-refractivity contribution >= 4 is 23.0 Å². The molecule has 2 N–H and O–H groups in total. The van der Waals surface area contributed by atoms with E-state index in [4.69, 9.17) is 4.42 Å². The van der Waals surface area contributed by atoms with Crippen molar-refractivity contribution in [1.29, 1.82) is 0 Å². The van der Waals surface area contributed by atoms with Gasteiger partial charge in [0.15, 0.2) is 11.5 Å². The van der Waals surface area contributed by atoms with E-state index in [0.29, 0.717) is 24.3 Å². The first-order valence-corrected chi connectivity index (χ1v) is 8.50. The Kier molecular flexibility index (Phi) is 5.13. The zero-order valence-electron chi connectivity index (χ0n) is 13.5. The number of para-hydroxylation sites is 2. The van der Waals surface area contributed by atoms with Crippen molar-refractivity contribution in [2.45, 2.75) is 51.0 Å². The maximum atomic E-state index is 12.2. The Hall–Kier alpha value is -2.37. The van der Waals surface area contributed by atoms with Crippen LogP contribution in [0.15, 0.2) is 28.7 Å². The number of carbonyl (C=O) groups excluding carboxylic acids is 1. The van der Waals surface area contributed by atoms with Gasteiger partial charge in [0.25, 0.3) is 0 Å². The predicted octanol–water partition coefficient (Wildman–Crippen LogP) is 2.91. The zero-order valence-corrected chi connectivity index (χ0v) is 13.5. The number of aryl methyl sites for hydroxylation is 1. The third-order valence-electron chi connectivity index (χ3n) is 4.58. The number of hydrogen-bond donors (Lipinski definition) is 2. The minimum absolute atomic E-state index is 0.143. The van der Waals surface area contributed by atoms with Crippen molar-refractivity contribution in [2.24, 2.45) is 5.92 Å². The molecule has 1 aliphatic carbocycles. The van der Waals surface area contributed by atoms with Crippen LogP contribution in [0, 0.1) is 5.92 Å². The number of aromatic nitrogens is 1. The number of nitrogens with one attached hydrogen (secondary N) is 1. The Balaban J connectivity index is 1.57. The second kappa shape index (κ2) is 7.47. The summed E-state index contributed by atoms with van der Waals surface area (Å²) in [5, 5.41) is 12.3. The van der Waals surface area contributed by atoms with Gasteiger partial charge < -0.3 is 14.8 Å². The van der Waals surface area contributed by atoms with Crippen molar-refractivity contribution in [3.05, 3.63) is 30.2 Å². The van der Waals surface area contributed by atoms with E-state index in [9.17, 15) is 14.7 Å². The number of carboxylic acids is 1. The number of amides is 1. The number of benzene rings is 1. The number of aliphatic carboxylic acids is 1. The molecule has 24 heavy (non-hydrogen) atoms. The summed E-state index contributed by atoms with van der Waals surface area (Å²) in [6, 6.07) is 7.20. The van der Waals surface area contributed by atoms with Crippen LogP contribution in [0.2, 0.25) is 0 Å².